The highest BCUT2D eigenvalue weighted by atomic mass is 16.2. The lowest BCUT2D eigenvalue weighted by Crippen LogP contribution is -2.39. The molecular formula is C13H20N4O2. The quantitative estimate of drug-likeness (QED) is 0.817. The van der Waals surface area contributed by atoms with E-state index in [1.807, 2.05) is 0 Å². The van der Waals surface area contributed by atoms with E-state index >= 15 is 0 Å². The molecule has 6 heteroatoms. The Morgan fingerprint density at radius 1 is 1.26 bits per heavy atom. The average molecular weight is 274 g/mol. The van der Waals surface area contributed by atoms with Gasteiger partial charge in [-0.15, -0.1) is 0 Å². The number of aryl methyl sites for hydroxylation is 2. The summed E-state index contributed by atoms with van der Waals surface area (Å²) in [6.45, 7) is -3.01. The largest absolute Gasteiger partial charge is 0.332 e. The number of rotatable bonds is 5. The van der Waals surface area contributed by atoms with E-state index in [9.17, 15) is 9.59 Å². The standard InChI is InChI=1S/C13H20N4O2/c1-4-5-6-7-8-17-12(18)10-11(14-9-15(10)2)16(3)13(17)19/h9H,4-8H2,1-3H3/i4D2,5D2,6D2,7D2,8D2. The maximum absolute atomic E-state index is 12.8. The maximum atomic E-state index is 12.8. The Hall–Kier alpha value is -1.85. The first kappa shape index (κ1) is 5.64. The van der Waals surface area contributed by atoms with Crippen LogP contribution in [0.5, 0.6) is 0 Å². The minimum Gasteiger partial charge on any atom is -0.328 e. The molecule has 0 fully saturated rings. The molecule has 0 aliphatic heterocycles. The number of hydrogen-bond acceptors (Lipinski definition) is 3. The van der Waals surface area contributed by atoms with Gasteiger partial charge in [0.15, 0.2) is 11.2 Å². The Morgan fingerprint density at radius 2 is 2.00 bits per heavy atom. The number of hydrogen-bond donors (Lipinski definition) is 0. The third-order valence-corrected chi connectivity index (χ3v) is 2.54. The molecule has 2 aromatic rings. The van der Waals surface area contributed by atoms with Gasteiger partial charge in [0.25, 0.3) is 5.56 Å². The molecule has 0 atom stereocenters. The van der Waals surface area contributed by atoms with Gasteiger partial charge in [-0.2, -0.15) is 0 Å². The molecule has 2 heterocycles. The van der Waals surface area contributed by atoms with Crippen molar-refractivity contribution >= 4 is 11.2 Å². The van der Waals surface area contributed by atoms with Crippen molar-refractivity contribution in [3.05, 3.63) is 27.2 Å². The van der Waals surface area contributed by atoms with Crippen molar-refractivity contribution in [3.8, 4) is 0 Å². The second-order valence-electron chi connectivity index (χ2n) is 3.75. The maximum Gasteiger partial charge on any atom is 0.332 e. The van der Waals surface area contributed by atoms with E-state index in [-0.39, 0.29) is 15.7 Å². The second-order valence-corrected chi connectivity index (χ2v) is 3.75. The molecule has 0 unspecified atom stereocenters. The highest BCUT2D eigenvalue weighted by Gasteiger charge is 2.14. The summed E-state index contributed by atoms with van der Waals surface area (Å²) in [5, 5.41) is 0. The Kier molecular flexibility index (Phi) is 1.61. The molecule has 2 rings (SSSR count). The van der Waals surface area contributed by atoms with Crippen molar-refractivity contribution in [2.75, 3.05) is 0 Å². The van der Waals surface area contributed by atoms with Crippen molar-refractivity contribution in [3.63, 3.8) is 0 Å². The van der Waals surface area contributed by atoms with Gasteiger partial charge in [0, 0.05) is 31.6 Å². The van der Waals surface area contributed by atoms with Gasteiger partial charge in [-0.1, -0.05) is 26.0 Å². The summed E-state index contributed by atoms with van der Waals surface area (Å²) in [7, 11) is 2.55. The van der Waals surface area contributed by atoms with Crippen LogP contribution in [-0.4, -0.2) is 18.7 Å². The topological polar surface area (TPSA) is 61.8 Å². The van der Waals surface area contributed by atoms with Crippen LogP contribution in [-0.2, 0) is 20.6 Å². The molecule has 0 saturated carbocycles. The first-order chi connectivity index (χ1) is 12.7. The first-order valence-electron chi connectivity index (χ1n) is 10.4. The van der Waals surface area contributed by atoms with Crippen molar-refractivity contribution in [2.45, 2.75) is 38.9 Å². The zero-order valence-electron chi connectivity index (χ0n) is 20.7. The fourth-order valence-electron chi connectivity index (χ4n) is 1.62. The van der Waals surface area contributed by atoms with Crippen LogP contribution in [0.4, 0.5) is 0 Å². The number of imidazole rings is 1. The highest BCUT2D eigenvalue weighted by molar-refractivity contribution is 5.69. The van der Waals surface area contributed by atoms with Crippen molar-refractivity contribution in [2.24, 2.45) is 14.1 Å². The van der Waals surface area contributed by atoms with E-state index in [0.29, 0.717) is 6.92 Å². The zero-order valence-corrected chi connectivity index (χ0v) is 10.7. The van der Waals surface area contributed by atoms with Gasteiger partial charge in [-0.05, 0) is 6.37 Å². The van der Waals surface area contributed by atoms with Crippen LogP contribution in [0.15, 0.2) is 15.9 Å². The fourth-order valence-corrected chi connectivity index (χ4v) is 1.62. The summed E-state index contributed by atoms with van der Waals surface area (Å²) in [4.78, 5) is 29.4. The first-order valence-corrected chi connectivity index (χ1v) is 5.38. The third-order valence-electron chi connectivity index (χ3n) is 2.54. The molecule has 0 amide bonds. The molecule has 0 aromatic carbocycles. The molecule has 104 valence electrons. The van der Waals surface area contributed by atoms with Crippen LogP contribution in [0, 0.1) is 0 Å². The predicted octanol–water partition coefficient (Wildman–Crippen LogP) is 1.01. The highest BCUT2D eigenvalue weighted by Crippen LogP contribution is 2.04. The molecular weight excluding hydrogens is 244 g/mol. The lowest BCUT2D eigenvalue weighted by molar-refractivity contribution is 0.539. The lowest BCUT2D eigenvalue weighted by Gasteiger charge is -2.08. The van der Waals surface area contributed by atoms with Gasteiger partial charge in [0.1, 0.15) is 0 Å². The number of nitrogens with zero attached hydrogens (tertiary/aromatic N) is 4. The molecule has 0 radical (unpaired) electrons. The monoisotopic (exact) mass is 274 g/mol. The van der Waals surface area contributed by atoms with Crippen LogP contribution in [0.1, 0.15) is 46.1 Å². The van der Waals surface area contributed by atoms with E-state index in [1.165, 1.54) is 17.9 Å². The van der Waals surface area contributed by atoms with Gasteiger partial charge in [0.05, 0.1) is 9.07 Å². The van der Waals surface area contributed by atoms with Gasteiger partial charge in [-0.25, -0.2) is 9.78 Å². The Balaban J connectivity index is 2.90. The summed E-state index contributed by atoms with van der Waals surface area (Å²) >= 11 is 0. The van der Waals surface area contributed by atoms with Crippen LogP contribution >= 0.6 is 0 Å². The molecule has 6 nitrogen and oxygen atoms in total. The number of fused-ring (bicyclic) bond motifs is 1. The summed E-state index contributed by atoms with van der Waals surface area (Å²) in [5.41, 5.74) is -2.96. The summed E-state index contributed by atoms with van der Waals surface area (Å²) in [5.74, 6) is 0. The van der Waals surface area contributed by atoms with Crippen LogP contribution in [0.3, 0.4) is 0 Å². The van der Waals surface area contributed by atoms with Crippen molar-refractivity contribution in [1.29, 1.82) is 0 Å². The third kappa shape index (κ3) is 2.34. The van der Waals surface area contributed by atoms with Gasteiger partial charge in [-0.3, -0.25) is 13.9 Å². The Morgan fingerprint density at radius 3 is 2.68 bits per heavy atom. The average Bonchev–Trinajstić information content (AvgIpc) is 2.93. The minimum atomic E-state index is -3.85. The summed E-state index contributed by atoms with van der Waals surface area (Å²) < 4.78 is 80.9. The molecule has 0 saturated heterocycles. The van der Waals surface area contributed by atoms with E-state index in [4.69, 9.17) is 13.7 Å². The van der Waals surface area contributed by atoms with E-state index < -0.39 is 43.2 Å². The van der Waals surface area contributed by atoms with Crippen molar-refractivity contribution < 1.29 is 13.7 Å². The zero-order chi connectivity index (χ0) is 23.0. The van der Waals surface area contributed by atoms with E-state index in [0.717, 1.165) is 11.6 Å². The van der Waals surface area contributed by atoms with E-state index in [1.54, 1.807) is 0 Å². The normalized spacial score (nSPS) is 22.9. The van der Waals surface area contributed by atoms with Crippen LogP contribution < -0.4 is 11.2 Å². The molecule has 19 heavy (non-hydrogen) atoms. The van der Waals surface area contributed by atoms with Gasteiger partial charge >= 0.3 is 5.69 Å². The van der Waals surface area contributed by atoms with Gasteiger partial charge < -0.3 is 4.57 Å². The minimum absolute atomic E-state index is 0.0988. The molecule has 0 aliphatic carbocycles. The lowest BCUT2D eigenvalue weighted by atomic mass is 10.2. The number of aromatic nitrogens is 4. The van der Waals surface area contributed by atoms with Crippen LogP contribution in [0.25, 0.3) is 11.2 Å². The van der Waals surface area contributed by atoms with E-state index in [2.05, 4.69) is 4.98 Å². The summed E-state index contributed by atoms with van der Waals surface area (Å²) in [6.07, 6.45) is -12.9. The molecule has 0 aliphatic rings. The van der Waals surface area contributed by atoms with Gasteiger partial charge in [0.2, 0.25) is 0 Å². The van der Waals surface area contributed by atoms with Crippen molar-refractivity contribution in [1.82, 2.24) is 18.7 Å². The molecule has 0 N–H and O–H groups in total. The second kappa shape index (κ2) is 5.42. The molecule has 0 bridgehead atoms. The Labute approximate surface area is 125 Å². The summed E-state index contributed by atoms with van der Waals surface area (Å²) in [6, 6.07) is 0. The molecule has 0 spiro atoms. The van der Waals surface area contributed by atoms with Crippen LogP contribution in [0.2, 0.25) is 0 Å². The Bertz CT molecular complexity index is 1080. The molecule has 2 aromatic heterocycles. The fraction of sp³-hybridized carbons (Fsp3) is 0.615. The smallest absolute Gasteiger partial charge is 0.328 e. The predicted molar refractivity (Wildman–Crippen MR) is 74.4 cm³/mol. The SMILES string of the molecule is [2H]C([2H])(C)C([2H])([2H])C([2H])([2H])C([2H])([2H])C([2H])([2H])n1c(=O)c2c(ncn2C)n(C)c1=O.